The maximum Gasteiger partial charge on any atom is 0.265 e. The van der Waals surface area contributed by atoms with Crippen molar-refractivity contribution in [1.29, 1.82) is 0 Å². The predicted molar refractivity (Wildman–Crippen MR) is 92.6 cm³/mol. The number of carbonyl (C=O) groups excluding carboxylic acids is 1. The monoisotopic (exact) mass is 333 g/mol. The first-order valence-corrected chi connectivity index (χ1v) is 7.67. The van der Waals surface area contributed by atoms with Gasteiger partial charge in [0, 0.05) is 16.8 Å². The summed E-state index contributed by atoms with van der Waals surface area (Å²) in [6.45, 7) is 5.52. The van der Waals surface area contributed by atoms with Gasteiger partial charge in [-0.1, -0.05) is 17.7 Å². The molecule has 0 spiro atoms. The Balaban J connectivity index is 2.05. The molecule has 0 aromatic heterocycles. The molecule has 1 atom stereocenters. The molecular formula is C18H20ClNO3. The number of ether oxygens (including phenoxy) is 2. The molecule has 0 fully saturated rings. The molecule has 0 unspecified atom stereocenters. The van der Waals surface area contributed by atoms with Gasteiger partial charge in [-0.15, -0.1) is 0 Å². The number of amides is 1. The van der Waals surface area contributed by atoms with Gasteiger partial charge in [0.2, 0.25) is 0 Å². The number of carbonyl (C=O) groups is 1. The van der Waals surface area contributed by atoms with E-state index in [0.29, 0.717) is 22.2 Å². The van der Waals surface area contributed by atoms with Crippen molar-refractivity contribution < 1.29 is 14.3 Å². The molecule has 23 heavy (non-hydrogen) atoms. The van der Waals surface area contributed by atoms with Crippen LogP contribution in [0.4, 0.5) is 5.69 Å². The molecule has 2 aromatic rings. The quantitative estimate of drug-likeness (QED) is 0.883. The molecule has 2 rings (SSSR count). The Bertz CT molecular complexity index is 692. The van der Waals surface area contributed by atoms with E-state index in [1.54, 1.807) is 26.2 Å². The van der Waals surface area contributed by atoms with Crippen LogP contribution < -0.4 is 14.8 Å². The summed E-state index contributed by atoms with van der Waals surface area (Å²) < 4.78 is 10.9. The number of hydrogen-bond donors (Lipinski definition) is 1. The third-order valence-corrected chi connectivity index (χ3v) is 4.03. The fourth-order valence-electron chi connectivity index (χ4n) is 2.18. The molecular weight excluding hydrogens is 314 g/mol. The third-order valence-electron chi connectivity index (χ3n) is 3.43. The first kappa shape index (κ1) is 17.2. The van der Waals surface area contributed by atoms with Gasteiger partial charge in [0.25, 0.3) is 5.91 Å². The van der Waals surface area contributed by atoms with Crippen LogP contribution in [0.5, 0.6) is 11.5 Å². The van der Waals surface area contributed by atoms with E-state index in [2.05, 4.69) is 5.32 Å². The van der Waals surface area contributed by atoms with Crippen LogP contribution >= 0.6 is 11.6 Å². The molecule has 0 bridgehead atoms. The highest BCUT2D eigenvalue weighted by Gasteiger charge is 2.16. The van der Waals surface area contributed by atoms with Crippen LogP contribution in [0.3, 0.4) is 0 Å². The predicted octanol–water partition coefficient (Wildman–Crippen LogP) is 4.37. The number of rotatable bonds is 5. The van der Waals surface area contributed by atoms with Crippen molar-refractivity contribution in [3.63, 3.8) is 0 Å². The van der Waals surface area contributed by atoms with Gasteiger partial charge in [0.05, 0.1) is 7.11 Å². The van der Waals surface area contributed by atoms with Crippen LogP contribution in [0.2, 0.25) is 5.02 Å². The summed E-state index contributed by atoms with van der Waals surface area (Å²) in [7, 11) is 1.58. The molecule has 0 saturated carbocycles. The van der Waals surface area contributed by atoms with E-state index < -0.39 is 6.10 Å². The summed E-state index contributed by atoms with van der Waals surface area (Å²) in [5.41, 5.74) is 2.50. The zero-order chi connectivity index (χ0) is 17.0. The van der Waals surface area contributed by atoms with E-state index in [1.165, 1.54) is 0 Å². The fraction of sp³-hybridized carbons (Fsp3) is 0.278. The van der Waals surface area contributed by atoms with Crippen LogP contribution in [0.1, 0.15) is 18.1 Å². The number of hydrogen-bond acceptors (Lipinski definition) is 3. The van der Waals surface area contributed by atoms with Crippen molar-refractivity contribution in [1.82, 2.24) is 0 Å². The minimum Gasteiger partial charge on any atom is -0.497 e. The van der Waals surface area contributed by atoms with Gasteiger partial charge < -0.3 is 14.8 Å². The van der Waals surface area contributed by atoms with Crippen molar-refractivity contribution in [3.8, 4) is 11.5 Å². The minimum absolute atomic E-state index is 0.233. The molecule has 0 aliphatic carbocycles. The molecule has 0 radical (unpaired) electrons. The molecule has 0 aliphatic rings. The fourth-order valence-corrected chi connectivity index (χ4v) is 2.29. The minimum atomic E-state index is -0.638. The lowest BCUT2D eigenvalue weighted by Crippen LogP contribution is -2.30. The highest BCUT2D eigenvalue weighted by Crippen LogP contribution is 2.26. The molecule has 0 heterocycles. The van der Waals surface area contributed by atoms with Crippen LogP contribution in [0.15, 0.2) is 36.4 Å². The number of methoxy groups -OCH3 is 1. The molecule has 1 amide bonds. The van der Waals surface area contributed by atoms with Gasteiger partial charge in [-0.2, -0.15) is 0 Å². The summed E-state index contributed by atoms with van der Waals surface area (Å²) >= 11 is 6.14. The van der Waals surface area contributed by atoms with Crippen LogP contribution in [-0.4, -0.2) is 19.1 Å². The van der Waals surface area contributed by atoms with Crippen molar-refractivity contribution in [2.45, 2.75) is 26.9 Å². The number of anilines is 1. The zero-order valence-electron chi connectivity index (χ0n) is 13.6. The van der Waals surface area contributed by atoms with Crippen molar-refractivity contribution >= 4 is 23.2 Å². The third kappa shape index (κ3) is 4.39. The van der Waals surface area contributed by atoms with Gasteiger partial charge in [-0.25, -0.2) is 0 Å². The summed E-state index contributed by atoms with van der Waals surface area (Å²) in [4.78, 5) is 12.3. The number of nitrogens with one attached hydrogen (secondary N) is 1. The molecule has 4 nitrogen and oxygen atoms in total. The van der Waals surface area contributed by atoms with Gasteiger partial charge in [0.1, 0.15) is 11.5 Å². The first-order chi connectivity index (χ1) is 10.9. The van der Waals surface area contributed by atoms with E-state index in [-0.39, 0.29) is 5.91 Å². The molecule has 0 saturated heterocycles. The van der Waals surface area contributed by atoms with E-state index in [4.69, 9.17) is 21.1 Å². The average molecular weight is 334 g/mol. The Kier molecular flexibility index (Phi) is 5.50. The van der Waals surface area contributed by atoms with Crippen molar-refractivity contribution in [3.05, 3.63) is 52.5 Å². The van der Waals surface area contributed by atoms with E-state index in [0.717, 1.165) is 11.1 Å². The lowest BCUT2D eigenvalue weighted by atomic mass is 10.1. The average Bonchev–Trinajstić information content (AvgIpc) is 2.52. The summed E-state index contributed by atoms with van der Waals surface area (Å²) in [6, 6.07) is 10.8. The second-order valence-corrected chi connectivity index (χ2v) is 5.73. The summed E-state index contributed by atoms with van der Waals surface area (Å²) in [5, 5.41) is 3.52. The Morgan fingerprint density at radius 2 is 1.78 bits per heavy atom. The van der Waals surface area contributed by atoms with E-state index >= 15 is 0 Å². The first-order valence-electron chi connectivity index (χ1n) is 7.29. The molecule has 1 N–H and O–H groups in total. The molecule has 0 aliphatic heterocycles. The van der Waals surface area contributed by atoms with Gasteiger partial charge in [-0.05, 0) is 56.2 Å². The van der Waals surface area contributed by atoms with Gasteiger partial charge in [-0.3, -0.25) is 4.79 Å². The van der Waals surface area contributed by atoms with Crippen molar-refractivity contribution in [2.75, 3.05) is 12.4 Å². The number of aryl methyl sites for hydroxylation is 2. The number of halogens is 1. The van der Waals surface area contributed by atoms with E-state index in [1.807, 2.05) is 38.1 Å². The standard InChI is InChI=1S/C18H20ClNO3/c1-11-8-16(9-12(2)17(11)19)23-13(3)18(21)20-14-6-5-7-15(10-14)22-4/h5-10,13H,1-4H3,(H,20,21)/t13-/m0/s1. The zero-order valence-corrected chi connectivity index (χ0v) is 14.4. The Morgan fingerprint density at radius 1 is 1.13 bits per heavy atom. The summed E-state index contributed by atoms with van der Waals surface area (Å²) in [5.74, 6) is 1.07. The van der Waals surface area contributed by atoms with Crippen LogP contribution in [0.25, 0.3) is 0 Å². The maximum atomic E-state index is 12.3. The molecule has 2 aromatic carbocycles. The Hall–Kier alpha value is -2.20. The van der Waals surface area contributed by atoms with Crippen LogP contribution in [0, 0.1) is 13.8 Å². The Labute approximate surface area is 141 Å². The molecule has 5 heteroatoms. The van der Waals surface area contributed by atoms with E-state index in [9.17, 15) is 4.79 Å². The highest BCUT2D eigenvalue weighted by molar-refractivity contribution is 6.32. The van der Waals surface area contributed by atoms with Crippen LogP contribution in [-0.2, 0) is 4.79 Å². The highest BCUT2D eigenvalue weighted by atomic mass is 35.5. The van der Waals surface area contributed by atoms with Crippen molar-refractivity contribution in [2.24, 2.45) is 0 Å². The normalized spacial score (nSPS) is 11.7. The summed E-state index contributed by atoms with van der Waals surface area (Å²) in [6.07, 6.45) is -0.638. The SMILES string of the molecule is COc1cccc(NC(=O)[C@H](C)Oc2cc(C)c(Cl)c(C)c2)c1. The topological polar surface area (TPSA) is 47.6 Å². The Morgan fingerprint density at radius 3 is 2.39 bits per heavy atom. The van der Waals surface area contributed by atoms with Gasteiger partial charge in [0.15, 0.2) is 6.10 Å². The smallest absolute Gasteiger partial charge is 0.265 e. The van der Waals surface area contributed by atoms with Gasteiger partial charge >= 0.3 is 0 Å². The lowest BCUT2D eigenvalue weighted by molar-refractivity contribution is -0.122. The lowest BCUT2D eigenvalue weighted by Gasteiger charge is -2.16. The largest absolute Gasteiger partial charge is 0.497 e. The maximum absolute atomic E-state index is 12.3. The second kappa shape index (κ2) is 7.38. The molecule has 122 valence electrons. The number of benzene rings is 2. The second-order valence-electron chi connectivity index (χ2n) is 5.35.